The molecule has 84 valence electrons. The molecular formula is C11H15BrO2S. The van der Waals surface area contributed by atoms with Gasteiger partial charge < -0.3 is 10.2 Å². The summed E-state index contributed by atoms with van der Waals surface area (Å²) >= 11 is 4.97. The molecule has 4 heteroatoms. The molecule has 0 heterocycles. The third-order valence-corrected chi connectivity index (χ3v) is 3.67. The fourth-order valence-corrected chi connectivity index (χ4v) is 2.56. The predicted octanol–water partition coefficient (Wildman–Crippen LogP) is 3.76. The van der Waals surface area contributed by atoms with Gasteiger partial charge >= 0.3 is 0 Å². The van der Waals surface area contributed by atoms with Gasteiger partial charge in [0.2, 0.25) is 0 Å². The first-order valence-electron chi connectivity index (χ1n) is 4.95. The third kappa shape index (κ3) is 4.80. The molecule has 0 saturated carbocycles. The number of phenols is 2. The van der Waals surface area contributed by atoms with Crippen LogP contribution in [-0.2, 0) is 0 Å². The van der Waals surface area contributed by atoms with Crippen molar-refractivity contribution < 1.29 is 10.2 Å². The van der Waals surface area contributed by atoms with Crippen molar-refractivity contribution in [1.29, 1.82) is 0 Å². The Hall–Kier alpha value is -0.350. The van der Waals surface area contributed by atoms with Crippen LogP contribution in [0.25, 0.3) is 0 Å². The molecule has 1 rings (SSSR count). The Labute approximate surface area is 103 Å². The number of rotatable bonds is 6. The molecule has 1 aromatic carbocycles. The summed E-state index contributed by atoms with van der Waals surface area (Å²) in [7, 11) is 0. The molecule has 0 aliphatic carbocycles. The van der Waals surface area contributed by atoms with Crippen LogP contribution in [0.4, 0.5) is 0 Å². The Morgan fingerprint density at radius 2 is 1.93 bits per heavy atom. The van der Waals surface area contributed by atoms with Gasteiger partial charge in [0.05, 0.1) is 4.90 Å². The summed E-state index contributed by atoms with van der Waals surface area (Å²) < 4.78 is 0. The summed E-state index contributed by atoms with van der Waals surface area (Å²) in [5, 5.41) is 19.8. The van der Waals surface area contributed by atoms with Gasteiger partial charge in [-0.2, -0.15) is 0 Å². The van der Waals surface area contributed by atoms with Gasteiger partial charge in [0, 0.05) is 5.33 Å². The second-order valence-electron chi connectivity index (χ2n) is 3.25. The molecule has 0 radical (unpaired) electrons. The first-order valence-corrected chi connectivity index (χ1v) is 7.05. The number of alkyl halides is 1. The minimum atomic E-state index is 0.204. The molecule has 0 aliphatic heterocycles. The van der Waals surface area contributed by atoms with E-state index in [1.54, 1.807) is 17.8 Å². The summed E-state index contributed by atoms with van der Waals surface area (Å²) in [5.74, 6) is 1.43. The maximum absolute atomic E-state index is 9.50. The largest absolute Gasteiger partial charge is 0.508 e. The SMILES string of the molecule is Oc1ccc(O)c(SCCCCCBr)c1. The first kappa shape index (κ1) is 12.7. The number of unbranched alkanes of at least 4 members (excludes halogenated alkanes) is 2. The van der Waals surface area contributed by atoms with E-state index in [-0.39, 0.29) is 11.5 Å². The Kier molecular flexibility index (Phi) is 5.95. The van der Waals surface area contributed by atoms with Gasteiger partial charge in [0.1, 0.15) is 11.5 Å². The van der Waals surface area contributed by atoms with E-state index in [4.69, 9.17) is 0 Å². The van der Waals surface area contributed by atoms with Gasteiger partial charge in [-0.25, -0.2) is 0 Å². The quantitative estimate of drug-likeness (QED) is 0.363. The van der Waals surface area contributed by atoms with Crippen molar-refractivity contribution in [2.45, 2.75) is 24.2 Å². The molecule has 0 unspecified atom stereocenters. The van der Waals surface area contributed by atoms with Crippen molar-refractivity contribution in [3.8, 4) is 11.5 Å². The second kappa shape index (κ2) is 7.01. The molecule has 0 saturated heterocycles. The van der Waals surface area contributed by atoms with E-state index in [9.17, 15) is 10.2 Å². The number of thioether (sulfide) groups is 1. The van der Waals surface area contributed by atoms with Crippen LogP contribution >= 0.6 is 27.7 Å². The molecule has 0 aliphatic rings. The predicted molar refractivity (Wildman–Crippen MR) is 68.1 cm³/mol. The van der Waals surface area contributed by atoms with Gasteiger partial charge in [-0.05, 0) is 36.8 Å². The number of aromatic hydroxyl groups is 2. The maximum Gasteiger partial charge on any atom is 0.129 e. The molecule has 15 heavy (non-hydrogen) atoms. The highest BCUT2D eigenvalue weighted by atomic mass is 79.9. The van der Waals surface area contributed by atoms with Crippen molar-refractivity contribution in [2.75, 3.05) is 11.1 Å². The molecule has 2 N–H and O–H groups in total. The van der Waals surface area contributed by atoms with Crippen LogP contribution in [0.1, 0.15) is 19.3 Å². The molecule has 0 atom stereocenters. The van der Waals surface area contributed by atoms with Crippen molar-refractivity contribution in [1.82, 2.24) is 0 Å². The lowest BCUT2D eigenvalue weighted by Gasteiger charge is -2.04. The minimum Gasteiger partial charge on any atom is -0.508 e. The number of hydrogen-bond donors (Lipinski definition) is 2. The molecular weight excluding hydrogens is 276 g/mol. The Bertz CT molecular complexity index is 305. The van der Waals surface area contributed by atoms with Crippen molar-refractivity contribution in [3.63, 3.8) is 0 Å². The average molecular weight is 291 g/mol. The van der Waals surface area contributed by atoms with Crippen LogP contribution in [0.3, 0.4) is 0 Å². The van der Waals surface area contributed by atoms with E-state index in [0.29, 0.717) is 0 Å². The zero-order chi connectivity index (χ0) is 11.1. The highest BCUT2D eigenvalue weighted by Gasteiger charge is 2.02. The van der Waals surface area contributed by atoms with E-state index in [2.05, 4.69) is 15.9 Å². The fourth-order valence-electron chi connectivity index (χ4n) is 1.17. The second-order valence-corrected chi connectivity index (χ2v) is 5.18. The van der Waals surface area contributed by atoms with Crippen LogP contribution < -0.4 is 0 Å². The zero-order valence-electron chi connectivity index (χ0n) is 8.45. The van der Waals surface area contributed by atoms with E-state index in [0.717, 1.165) is 22.4 Å². The molecule has 0 aromatic heterocycles. The summed E-state index contributed by atoms with van der Waals surface area (Å²) in [4.78, 5) is 0.758. The zero-order valence-corrected chi connectivity index (χ0v) is 10.9. The normalized spacial score (nSPS) is 10.5. The fraction of sp³-hybridized carbons (Fsp3) is 0.455. The molecule has 1 aromatic rings. The molecule has 2 nitrogen and oxygen atoms in total. The summed E-state index contributed by atoms with van der Waals surface area (Å²) in [6.07, 6.45) is 3.51. The van der Waals surface area contributed by atoms with Crippen molar-refractivity contribution in [2.24, 2.45) is 0 Å². The maximum atomic E-state index is 9.50. The lowest BCUT2D eigenvalue weighted by molar-refractivity contribution is 0.448. The number of halogens is 1. The van der Waals surface area contributed by atoms with E-state index < -0.39 is 0 Å². The Morgan fingerprint density at radius 3 is 2.67 bits per heavy atom. The first-order chi connectivity index (χ1) is 7.24. The van der Waals surface area contributed by atoms with Crippen LogP contribution in [0, 0.1) is 0 Å². The number of hydrogen-bond acceptors (Lipinski definition) is 3. The highest BCUT2D eigenvalue weighted by Crippen LogP contribution is 2.31. The number of phenolic OH excluding ortho intramolecular Hbond substituents is 2. The van der Waals surface area contributed by atoms with E-state index in [1.165, 1.54) is 25.0 Å². The van der Waals surface area contributed by atoms with E-state index in [1.807, 2.05) is 0 Å². The Morgan fingerprint density at radius 1 is 1.13 bits per heavy atom. The molecule has 0 amide bonds. The third-order valence-electron chi connectivity index (χ3n) is 1.98. The monoisotopic (exact) mass is 290 g/mol. The lowest BCUT2D eigenvalue weighted by Crippen LogP contribution is -1.83. The van der Waals surface area contributed by atoms with Crippen molar-refractivity contribution in [3.05, 3.63) is 18.2 Å². The Balaban J connectivity index is 2.33. The molecule has 0 fully saturated rings. The smallest absolute Gasteiger partial charge is 0.129 e. The van der Waals surface area contributed by atoms with Gasteiger partial charge in [-0.15, -0.1) is 11.8 Å². The average Bonchev–Trinajstić information content (AvgIpc) is 2.23. The molecule has 0 spiro atoms. The van der Waals surface area contributed by atoms with Crippen LogP contribution in [0.5, 0.6) is 11.5 Å². The van der Waals surface area contributed by atoms with Crippen molar-refractivity contribution >= 4 is 27.7 Å². The summed E-state index contributed by atoms with van der Waals surface area (Å²) in [5.41, 5.74) is 0. The van der Waals surface area contributed by atoms with Gasteiger partial charge in [-0.1, -0.05) is 22.4 Å². The van der Waals surface area contributed by atoms with Gasteiger partial charge in [-0.3, -0.25) is 0 Å². The number of benzene rings is 1. The highest BCUT2D eigenvalue weighted by molar-refractivity contribution is 9.09. The summed E-state index contributed by atoms with van der Waals surface area (Å²) in [6.45, 7) is 0. The van der Waals surface area contributed by atoms with Crippen LogP contribution in [-0.4, -0.2) is 21.3 Å². The van der Waals surface area contributed by atoms with Gasteiger partial charge in [0.25, 0.3) is 0 Å². The minimum absolute atomic E-state index is 0.204. The molecule has 0 bridgehead atoms. The van der Waals surface area contributed by atoms with E-state index >= 15 is 0 Å². The van der Waals surface area contributed by atoms with Crippen LogP contribution in [0.2, 0.25) is 0 Å². The lowest BCUT2D eigenvalue weighted by atomic mass is 10.3. The van der Waals surface area contributed by atoms with Crippen LogP contribution in [0.15, 0.2) is 23.1 Å². The van der Waals surface area contributed by atoms with Gasteiger partial charge in [0.15, 0.2) is 0 Å². The summed E-state index contributed by atoms with van der Waals surface area (Å²) in [6, 6.07) is 4.62. The topological polar surface area (TPSA) is 40.5 Å². The standard InChI is InChI=1S/C11H15BrO2S/c12-6-2-1-3-7-15-11-8-9(13)4-5-10(11)14/h4-5,8,13-14H,1-3,6-7H2.